The minimum absolute atomic E-state index is 0.0307. The summed E-state index contributed by atoms with van der Waals surface area (Å²) >= 11 is 5.97. The predicted molar refractivity (Wildman–Crippen MR) is 106 cm³/mol. The van der Waals surface area contributed by atoms with Gasteiger partial charge in [-0.3, -0.25) is 9.59 Å². The van der Waals surface area contributed by atoms with Crippen molar-refractivity contribution in [3.8, 4) is 0 Å². The normalized spacial score (nSPS) is 10.3. The van der Waals surface area contributed by atoms with E-state index in [0.717, 1.165) is 11.3 Å². The molecule has 0 aliphatic rings. The van der Waals surface area contributed by atoms with Gasteiger partial charge in [0.1, 0.15) is 17.8 Å². The number of aryl methyl sites for hydroxylation is 1. The first-order valence-corrected chi connectivity index (χ1v) is 8.58. The van der Waals surface area contributed by atoms with Crippen molar-refractivity contribution in [2.24, 2.45) is 0 Å². The van der Waals surface area contributed by atoms with Gasteiger partial charge < -0.3 is 10.6 Å². The van der Waals surface area contributed by atoms with E-state index in [2.05, 4.69) is 20.6 Å². The third-order valence-corrected chi connectivity index (χ3v) is 4.14. The summed E-state index contributed by atoms with van der Waals surface area (Å²) in [5.74, 6) is 0.0910. The van der Waals surface area contributed by atoms with Crippen molar-refractivity contribution in [2.45, 2.75) is 13.8 Å². The fourth-order valence-corrected chi connectivity index (χ4v) is 2.67. The number of hydrogen-bond acceptors (Lipinski definition) is 5. The van der Waals surface area contributed by atoms with Crippen LogP contribution in [0.25, 0.3) is 0 Å². The number of hydrogen-bond donors (Lipinski definition) is 2. The molecule has 0 aliphatic heterocycles. The van der Waals surface area contributed by atoms with E-state index in [0.29, 0.717) is 22.1 Å². The molecule has 1 aromatic heterocycles. The molecule has 0 spiro atoms. The van der Waals surface area contributed by atoms with Gasteiger partial charge in [0.05, 0.1) is 0 Å². The van der Waals surface area contributed by atoms with Gasteiger partial charge in [-0.05, 0) is 61.9 Å². The number of rotatable bonds is 5. The molecule has 0 aliphatic carbocycles. The van der Waals surface area contributed by atoms with Crippen LogP contribution in [0.1, 0.15) is 33.3 Å². The molecule has 0 radical (unpaired) electrons. The van der Waals surface area contributed by atoms with E-state index in [1.54, 1.807) is 36.4 Å². The van der Waals surface area contributed by atoms with Crippen molar-refractivity contribution in [1.82, 2.24) is 9.97 Å². The molecule has 0 unspecified atom stereocenters. The molecule has 1 amide bonds. The maximum Gasteiger partial charge on any atom is 0.274 e. The summed E-state index contributed by atoms with van der Waals surface area (Å²) < 4.78 is 0. The molecule has 3 rings (SSSR count). The number of nitrogens with one attached hydrogen (secondary N) is 2. The average Bonchev–Trinajstić information content (AvgIpc) is 2.65. The summed E-state index contributed by atoms with van der Waals surface area (Å²) in [5.41, 5.74) is 3.17. The summed E-state index contributed by atoms with van der Waals surface area (Å²) in [5, 5.41) is 6.55. The highest BCUT2D eigenvalue weighted by Crippen LogP contribution is 2.23. The van der Waals surface area contributed by atoms with Gasteiger partial charge in [0.25, 0.3) is 5.91 Å². The molecule has 0 saturated heterocycles. The molecule has 0 atom stereocenters. The first-order chi connectivity index (χ1) is 12.9. The second kappa shape index (κ2) is 7.97. The minimum Gasteiger partial charge on any atom is -0.340 e. The molecule has 1 heterocycles. The number of Topliss-reactive ketones (excluding diaryl/α,β-unsaturated/α-hetero) is 1. The Morgan fingerprint density at radius 3 is 2.41 bits per heavy atom. The van der Waals surface area contributed by atoms with Crippen molar-refractivity contribution in [3.63, 3.8) is 0 Å². The summed E-state index contributed by atoms with van der Waals surface area (Å²) in [6.45, 7) is 3.42. The van der Waals surface area contributed by atoms with Gasteiger partial charge in [-0.2, -0.15) is 0 Å². The van der Waals surface area contributed by atoms with Gasteiger partial charge in [-0.15, -0.1) is 0 Å². The highest BCUT2D eigenvalue weighted by atomic mass is 35.5. The first kappa shape index (κ1) is 18.5. The van der Waals surface area contributed by atoms with E-state index in [9.17, 15) is 9.59 Å². The molecule has 3 aromatic rings. The number of anilines is 3. The lowest BCUT2D eigenvalue weighted by molar-refractivity contribution is 0.101. The molecule has 136 valence electrons. The van der Waals surface area contributed by atoms with Gasteiger partial charge in [0.2, 0.25) is 0 Å². The maximum absolute atomic E-state index is 12.4. The SMILES string of the molecule is CC(=O)c1ccc(NC(=O)c2cc(Nc3ccc(Cl)cc3C)ncn2)cc1. The monoisotopic (exact) mass is 380 g/mol. The molecule has 0 bridgehead atoms. The minimum atomic E-state index is -0.371. The second-order valence-electron chi connectivity index (χ2n) is 5.96. The number of carbonyl (C=O) groups is 2. The number of halogens is 1. The van der Waals surface area contributed by atoms with Gasteiger partial charge in [0.15, 0.2) is 5.78 Å². The van der Waals surface area contributed by atoms with Crippen LogP contribution >= 0.6 is 11.6 Å². The van der Waals surface area contributed by atoms with Gasteiger partial charge in [-0.1, -0.05) is 11.6 Å². The maximum atomic E-state index is 12.4. The highest BCUT2D eigenvalue weighted by molar-refractivity contribution is 6.30. The Morgan fingerprint density at radius 2 is 1.74 bits per heavy atom. The van der Waals surface area contributed by atoms with E-state index >= 15 is 0 Å². The van der Waals surface area contributed by atoms with Crippen LogP contribution in [0.15, 0.2) is 54.9 Å². The van der Waals surface area contributed by atoms with E-state index in [1.165, 1.54) is 13.3 Å². The Balaban J connectivity index is 1.74. The van der Waals surface area contributed by atoms with Crippen LogP contribution in [-0.4, -0.2) is 21.7 Å². The molecule has 2 aromatic carbocycles. The standard InChI is InChI=1S/C20H17ClN4O2/c1-12-9-15(21)5-8-17(12)25-19-10-18(22-11-23-19)20(27)24-16-6-3-14(4-7-16)13(2)26/h3-11H,1-2H3,(H,24,27)(H,22,23,25). The van der Waals surface area contributed by atoms with Crippen LogP contribution in [0, 0.1) is 6.92 Å². The number of amides is 1. The predicted octanol–water partition coefficient (Wildman–Crippen LogP) is 4.64. The quantitative estimate of drug-likeness (QED) is 0.630. The highest BCUT2D eigenvalue weighted by Gasteiger charge is 2.10. The average molecular weight is 381 g/mol. The largest absolute Gasteiger partial charge is 0.340 e. The zero-order valence-corrected chi connectivity index (χ0v) is 15.5. The smallest absolute Gasteiger partial charge is 0.274 e. The van der Waals surface area contributed by atoms with E-state index in [-0.39, 0.29) is 17.4 Å². The zero-order chi connectivity index (χ0) is 19.4. The number of nitrogens with zero attached hydrogens (tertiary/aromatic N) is 2. The Morgan fingerprint density at radius 1 is 1.00 bits per heavy atom. The fraction of sp³-hybridized carbons (Fsp3) is 0.100. The molecule has 6 nitrogen and oxygen atoms in total. The summed E-state index contributed by atoms with van der Waals surface area (Å²) in [7, 11) is 0. The Bertz CT molecular complexity index is 1000. The lowest BCUT2D eigenvalue weighted by Gasteiger charge is -2.10. The first-order valence-electron chi connectivity index (χ1n) is 8.20. The summed E-state index contributed by atoms with van der Waals surface area (Å²) in [4.78, 5) is 31.9. The Labute approximate surface area is 161 Å². The van der Waals surface area contributed by atoms with Gasteiger partial charge in [-0.25, -0.2) is 9.97 Å². The molecule has 7 heteroatoms. The Kier molecular flexibility index (Phi) is 5.47. The van der Waals surface area contributed by atoms with E-state index < -0.39 is 0 Å². The van der Waals surface area contributed by atoms with Gasteiger partial charge >= 0.3 is 0 Å². The van der Waals surface area contributed by atoms with Crippen LogP contribution in [-0.2, 0) is 0 Å². The topological polar surface area (TPSA) is 84.0 Å². The third kappa shape index (κ3) is 4.68. The van der Waals surface area contributed by atoms with Crippen molar-refractivity contribution in [1.29, 1.82) is 0 Å². The molecular formula is C20H17ClN4O2. The number of ketones is 1. The molecule has 27 heavy (non-hydrogen) atoms. The van der Waals surface area contributed by atoms with Crippen LogP contribution in [0.3, 0.4) is 0 Å². The van der Waals surface area contributed by atoms with Crippen molar-refractivity contribution < 1.29 is 9.59 Å². The second-order valence-corrected chi connectivity index (χ2v) is 6.40. The van der Waals surface area contributed by atoms with Crippen molar-refractivity contribution >= 4 is 40.5 Å². The van der Waals surface area contributed by atoms with Crippen LogP contribution in [0.5, 0.6) is 0 Å². The summed E-state index contributed by atoms with van der Waals surface area (Å²) in [6.07, 6.45) is 1.32. The van der Waals surface area contributed by atoms with Crippen molar-refractivity contribution in [3.05, 3.63) is 76.7 Å². The van der Waals surface area contributed by atoms with E-state index in [1.807, 2.05) is 19.1 Å². The molecule has 0 saturated carbocycles. The molecule has 0 fully saturated rings. The van der Waals surface area contributed by atoms with Crippen LogP contribution in [0.4, 0.5) is 17.2 Å². The fourth-order valence-electron chi connectivity index (χ4n) is 2.44. The third-order valence-electron chi connectivity index (χ3n) is 3.90. The zero-order valence-electron chi connectivity index (χ0n) is 14.8. The molecule has 2 N–H and O–H groups in total. The lowest BCUT2D eigenvalue weighted by atomic mass is 10.1. The molecular weight excluding hydrogens is 364 g/mol. The number of carbonyl (C=O) groups excluding carboxylic acids is 2. The Hall–Kier alpha value is -3.25. The number of benzene rings is 2. The number of aromatic nitrogens is 2. The van der Waals surface area contributed by atoms with Crippen LogP contribution < -0.4 is 10.6 Å². The van der Waals surface area contributed by atoms with Crippen molar-refractivity contribution in [2.75, 3.05) is 10.6 Å². The summed E-state index contributed by atoms with van der Waals surface area (Å²) in [6, 6.07) is 13.7. The van der Waals surface area contributed by atoms with Crippen LogP contribution in [0.2, 0.25) is 5.02 Å². The van der Waals surface area contributed by atoms with E-state index in [4.69, 9.17) is 11.6 Å². The van der Waals surface area contributed by atoms with Gasteiger partial charge in [0, 0.05) is 28.0 Å². The lowest BCUT2D eigenvalue weighted by Crippen LogP contribution is -2.14.